The van der Waals surface area contributed by atoms with E-state index < -0.39 is 17.7 Å². The Kier molecular flexibility index (Phi) is 3.68. The van der Waals surface area contributed by atoms with Crippen LogP contribution >= 0.6 is 0 Å². The Bertz CT molecular complexity index is 380. The van der Waals surface area contributed by atoms with E-state index in [-0.39, 0.29) is 11.0 Å². The molecule has 1 rings (SSSR count). The van der Waals surface area contributed by atoms with E-state index in [1.165, 1.54) is 6.92 Å². The zero-order chi connectivity index (χ0) is 12.5. The summed E-state index contributed by atoms with van der Waals surface area (Å²) in [7, 11) is 0. The summed E-state index contributed by atoms with van der Waals surface area (Å²) in [6, 6.07) is 2.68. The van der Waals surface area contributed by atoms with E-state index in [0.29, 0.717) is 12.0 Å². The van der Waals surface area contributed by atoms with Gasteiger partial charge in [0.1, 0.15) is 0 Å². The van der Waals surface area contributed by atoms with Gasteiger partial charge in [-0.1, -0.05) is 32.9 Å². The molecule has 0 fully saturated rings. The fourth-order valence-corrected chi connectivity index (χ4v) is 1.72. The van der Waals surface area contributed by atoms with Crippen molar-refractivity contribution < 1.29 is 8.78 Å². The van der Waals surface area contributed by atoms with E-state index in [1.807, 2.05) is 20.8 Å². The standard InChI is InChI=1S/C13H19F2N/c1-8-5-6-9(12(15)11(8)14)10(16)7-13(2,3)4/h5-6,10H,7,16H2,1-4H3. The highest BCUT2D eigenvalue weighted by Gasteiger charge is 2.21. The first-order valence-electron chi connectivity index (χ1n) is 5.42. The molecule has 1 nitrogen and oxygen atoms in total. The normalized spacial score (nSPS) is 13.9. The molecule has 0 saturated heterocycles. The number of rotatable bonds is 2. The molecule has 1 aromatic carbocycles. The van der Waals surface area contributed by atoms with Crippen molar-refractivity contribution in [1.29, 1.82) is 0 Å². The van der Waals surface area contributed by atoms with Gasteiger partial charge in [-0.15, -0.1) is 0 Å². The summed E-state index contributed by atoms with van der Waals surface area (Å²) in [4.78, 5) is 0. The Hall–Kier alpha value is -0.960. The summed E-state index contributed by atoms with van der Waals surface area (Å²) >= 11 is 0. The second-order valence-electron chi connectivity index (χ2n) is 5.47. The SMILES string of the molecule is Cc1ccc(C(N)CC(C)(C)C)c(F)c1F. The van der Waals surface area contributed by atoms with Crippen LogP contribution in [0, 0.1) is 24.0 Å². The van der Waals surface area contributed by atoms with E-state index in [1.54, 1.807) is 12.1 Å². The molecule has 1 aromatic rings. The van der Waals surface area contributed by atoms with Crippen molar-refractivity contribution in [2.24, 2.45) is 11.1 Å². The number of hydrogen-bond acceptors (Lipinski definition) is 1. The molecular weight excluding hydrogens is 208 g/mol. The third-order valence-electron chi connectivity index (χ3n) is 2.54. The lowest BCUT2D eigenvalue weighted by molar-refractivity contribution is 0.336. The summed E-state index contributed by atoms with van der Waals surface area (Å²) in [5.74, 6) is -1.60. The molecule has 1 unspecified atom stereocenters. The third-order valence-corrected chi connectivity index (χ3v) is 2.54. The van der Waals surface area contributed by atoms with Crippen LogP contribution in [-0.4, -0.2) is 0 Å². The molecule has 0 aliphatic heterocycles. The van der Waals surface area contributed by atoms with Gasteiger partial charge < -0.3 is 5.73 Å². The maximum atomic E-state index is 13.6. The van der Waals surface area contributed by atoms with Crippen LogP contribution < -0.4 is 5.73 Å². The quantitative estimate of drug-likeness (QED) is 0.819. The third kappa shape index (κ3) is 3.01. The molecule has 0 amide bonds. The lowest BCUT2D eigenvalue weighted by Gasteiger charge is -2.23. The molecule has 0 radical (unpaired) electrons. The van der Waals surface area contributed by atoms with Gasteiger partial charge in [0.15, 0.2) is 11.6 Å². The molecule has 16 heavy (non-hydrogen) atoms. The highest BCUT2D eigenvalue weighted by molar-refractivity contribution is 5.27. The second kappa shape index (κ2) is 4.50. The summed E-state index contributed by atoms with van der Waals surface area (Å²) in [6.07, 6.45) is 0.617. The minimum atomic E-state index is -0.809. The maximum Gasteiger partial charge on any atom is 0.163 e. The highest BCUT2D eigenvalue weighted by atomic mass is 19.2. The second-order valence-corrected chi connectivity index (χ2v) is 5.47. The highest BCUT2D eigenvalue weighted by Crippen LogP contribution is 2.30. The zero-order valence-electron chi connectivity index (χ0n) is 10.3. The molecule has 1 atom stereocenters. The van der Waals surface area contributed by atoms with Crippen LogP contribution in [0.15, 0.2) is 12.1 Å². The van der Waals surface area contributed by atoms with Gasteiger partial charge in [0.05, 0.1) is 0 Å². The molecular formula is C13H19F2N. The topological polar surface area (TPSA) is 26.0 Å². The van der Waals surface area contributed by atoms with Gasteiger partial charge >= 0.3 is 0 Å². The van der Waals surface area contributed by atoms with Crippen LogP contribution in [0.5, 0.6) is 0 Å². The fourth-order valence-electron chi connectivity index (χ4n) is 1.72. The molecule has 0 bridgehead atoms. The van der Waals surface area contributed by atoms with Crippen molar-refractivity contribution in [2.45, 2.75) is 40.2 Å². The number of halogens is 2. The van der Waals surface area contributed by atoms with E-state index in [9.17, 15) is 8.78 Å². The molecule has 2 N–H and O–H groups in total. The van der Waals surface area contributed by atoms with Crippen LogP contribution in [0.2, 0.25) is 0 Å². The first-order chi connectivity index (χ1) is 7.22. The lowest BCUT2D eigenvalue weighted by atomic mass is 9.85. The van der Waals surface area contributed by atoms with E-state index in [4.69, 9.17) is 5.73 Å². The van der Waals surface area contributed by atoms with Crippen LogP contribution in [-0.2, 0) is 0 Å². The predicted octanol–water partition coefficient (Wildman–Crippen LogP) is 3.71. The van der Waals surface area contributed by atoms with E-state index in [0.717, 1.165) is 0 Å². The smallest absolute Gasteiger partial charge is 0.163 e. The van der Waals surface area contributed by atoms with Gasteiger partial charge in [-0.05, 0) is 24.3 Å². The van der Waals surface area contributed by atoms with Gasteiger partial charge in [0.2, 0.25) is 0 Å². The van der Waals surface area contributed by atoms with Crippen molar-refractivity contribution in [3.05, 3.63) is 34.9 Å². The predicted molar refractivity (Wildman–Crippen MR) is 62.1 cm³/mol. The minimum Gasteiger partial charge on any atom is -0.324 e. The molecule has 0 saturated carbocycles. The van der Waals surface area contributed by atoms with Gasteiger partial charge in [-0.2, -0.15) is 0 Å². The van der Waals surface area contributed by atoms with Crippen LogP contribution in [0.1, 0.15) is 44.4 Å². The number of aryl methyl sites for hydroxylation is 1. The van der Waals surface area contributed by atoms with Crippen molar-refractivity contribution >= 4 is 0 Å². The van der Waals surface area contributed by atoms with Crippen molar-refractivity contribution in [3.63, 3.8) is 0 Å². The van der Waals surface area contributed by atoms with Gasteiger partial charge in [-0.3, -0.25) is 0 Å². The Balaban J connectivity index is 3.01. The average Bonchev–Trinajstić information content (AvgIpc) is 2.11. The van der Waals surface area contributed by atoms with Crippen LogP contribution in [0.4, 0.5) is 8.78 Å². The first-order valence-corrected chi connectivity index (χ1v) is 5.42. The van der Waals surface area contributed by atoms with Crippen molar-refractivity contribution in [3.8, 4) is 0 Å². The number of nitrogens with two attached hydrogens (primary N) is 1. The van der Waals surface area contributed by atoms with E-state index >= 15 is 0 Å². The molecule has 3 heteroatoms. The summed E-state index contributed by atoms with van der Waals surface area (Å²) in [5, 5.41) is 0. The molecule has 0 spiro atoms. The minimum absolute atomic E-state index is 0.00673. The van der Waals surface area contributed by atoms with Gasteiger partial charge in [-0.25, -0.2) is 8.78 Å². The molecule has 0 aliphatic rings. The molecule has 0 aromatic heterocycles. The summed E-state index contributed by atoms with van der Waals surface area (Å²) in [6.45, 7) is 7.61. The lowest BCUT2D eigenvalue weighted by Crippen LogP contribution is -2.20. The molecule has 0 aliphatic carbocycles. The van der Waals surface area contributed by atoms with Crippen LogP contribution in [0.25, 0.3) is 0 Å². The largest absolute Gasteiger partial charge is 0.324 e. The Labute approximate surface area is 95.7 Å². The Morgan fingerprint density at radius 3 is 2.25 bits per heavy atom. The average molecular weight is 227 g/mol. The van der Waals surface area contributed by atoms with Gasteiger partial charge in [0, 0.05) is 11.6 Å². The monoisotopic (exact) mass is 227 g/mol. The Morgan fingerprint density at radius 1 is 1.19 bits per heavy atom. The zero-order valence-corrected chi connectivity index (χ0v) is 10.3. The van der Waals surface area contributed by atoms with Crippen molar-refractivity contribution in [1.82, 2.24) is 0 Å². The maximum absolute atomic E-state index is 13.6. The van der Waals surface area contributed by atoms with Crippen molar-refractivity contribution in [2.75, 3.05) is 0 Å². The van der Waals surface area contributed by atoms with Crippen LogP contribution in [0.3, 0.4) is 0 Å². The Morgan fingerprint density at radius 2 is 1.75 bits per heavy atom. The van der Waals surface area contributed by atoms with E-state index in [2.05, 4.69) is 0 Å². The number of benzene rings is 1. The molecule has 0 heterocycles. The first kappa shape index (κ1) is 13.1. The molecule has 90 valence electrons. The fraction of sp³-hybridized carbons (Fsp3) is 0.538. The summed E-state index contributed by atoms with van der Waals surface area (Å²) < 4.78 is 27.0. The summed E-state index contributed by atoms with van der Waals surface area (Å²) in [5.41, 5.74) is 6.46. The number of hydrogen-bond donors (Lipinski definition) is 1. The van der Waals surface area contributed by atoms with Gasteiger partial charge in [0.25, 0.3) is 0 Å².